The number of aliphatic imine (C=N–C) groups is 1. The van der Waals surface area contributed by atoms with E-state index >= 15 is 0 Å². The fourth-order valence-corrected chi connectivity index (χ4v) is 4.70. The van der Waals surface area contributed by atoms with Crippen LogP contribution in [0, 0.1) is 5.92 Å². The van der Waals surface area contributed by atoms with Crippen molar-refractivity contribution in [2.24, 2.45) is 10.9 Å². The smallest absolute Gasteiger partial charge is 0.308 e. The van der Waals surface area contributed by atoms with E-state index in [1.807, 2.05) is 0 Å². The van der Waals surface area contributed by atoms with Gasteiger partial charge >= 0.3 is 5.97 Å². The maximum atomic E-state index is 11.8. The predicted octanol–water partition coefficient (Wildman–Crippen LogP) is 2.59. The summed E-state index contributed by atoms with van der Waals surface area (Å²) in [6, 6.07) is 4.60. The van der Waals surface area contributed by atoms with Gasteiger partial charge in [-0.25, -0.2) is 0 Å². The monoisotopic (exact) mass is 536 g/mol. The summed E-state index contributed by atoms with van der Waals surface area (Å²) in [6.45, 7) is 8.75. The Labute approximate surface area is 194 Å². The minimum Gasteiger partial charge on any atom is -0.469 e. The van der Waals surface area contributed by atoms with Gasteiger partial charge in [0.05, 0.1) is 38.8 Å². The van der Waals surface area contributed by atoms with Crippen LogP contribution in [0.1, 0.15) is 30.7 Å². The Morgan fingerprint density at radius 3 is 2.66 bits per heavy atom. The first-order chi connectivity index (χ1) is 13.7. The van der Waals surface area contributed by atoms with E-state index in [-0.39, 0.29) is 41.9 Å². The average molecular weight is 536 g/mol. The third-order valence-electron chi connectivity index (χ3n) is 5.44. The van der Waals surface area contributed by atoms with Crippen molar-refractivity contribution in [2.75, 3.05) is 59.6 Å². The molecular formula is C20H33IN4O3S. The molecule has 2 aliphatic heterocycles. The molecule has 0 spiro atoms. The number of carbonyl (C=O) groups excluding carboxylic acids is 1. The molecule has 7 nitrogen and oxygen atoms in total. The van der Waals surface area contributed by atoms with Gasteiger partial charge in [0.15, 0.2) is 5.96 Å². The summed E-state index contributed by atoms with van der Waals surface area (Å²) >= 11 is 1.79. The van der Waals surface area contributed by atoms with E-state index in [4.69, 9.17) is 14.5 Å². The van der Waals surface area contributed by atoms with Crippen molar-refractivity contribution in [2.45, 2.75) is 25.8 Å². The summed E-state index contributed by atoms with van der Waals surface area (Å²) < 4.78 is 10.4. The number of likely N-dealkylation sites (tertiary alicyclic amines) is 1. The van der Waals surface area contributed by atoms with Crippen molar-refractivity contribution in [3.8, 4) is 0 Å². The average Bonchev–Trinajstić information content (AvgIpc) is 3.28. The van der Waals surface area contributed by atoms with Gasteiger partial charge in [0, 0.05) is 37.6 Å². The van der Waals surface area contributed by atoms with E-state index in [1.54, 1.807) is 11.3 Å². The van der Waals surface area contributed by atoms with Crippen molar-refractivity contribution in [3.05, 3.63) is 22.4 Å². The van der Waals surface area contributed by atoms with Crippen LogP contribution in [0.5, 0.6) is 0 Å². The molecule has 0 radical (unpaired) electrons. The Hall–Kier alpha value is -0.910. The number of methoxy groups -OCH3 is 1. The number of guanidine groups is 1. The van der Waals surface area contributed by atoms with Crippen LogP contribution in [0.25, 0.3) is 0 Å². The first-order valence-electron chi connectivity index (χ1n) is 10.2. The molecule has 2 fully saturated rings. The maximum absolute atomic E-state index is 11.8. The molecule has 1 unspecified atom stereocenters. The zero-order valence-corrected chi connectivity index (χ0v) is 20.5. The Bertz CT molecular complexity index is 630. The lowest BCUT2D eigenvalue weighted by Crippen LogP contribution is -2.47. The summed E-state index contributed by atoms with van der Waals surface area (Å²) in [7, 11) is 1.47. The predicted molar refractivity (Wildman–Crippen MR) is 127 cm³/mol. The molecule has 3 rings (SSSR count). The van der Waals surface area contributed by atoms with E-state index in [0.29, 0.717) is 0 Å². The highest BCUT2D eigenvalue weighted by molar-refractivity contribution is 14.0. The second kappa shape index (κ2) is 12.7. The molecule has 1 atom stereocenters. The normalized spacial score (nSPS) is 20.1. The molecule has 29 heavy (non-hydrogen) atoms. The highest BCUT2D eigenvalue weighted by atomic mass is 127. The maximum Gasteiger partial charge on any atom is 0.308 e. The van der Waals surface area contributed by atoms with Gasteiger partial charge in [-0.15, -0.1) is 35.3 Å². The third-order valence-corrected chi connectivity index (χ3v) is 6.41. The van der Waals surface area contributed by atoms with Gasteiger partial charge in [-0.05, 0) is 31.2 Å². The number of nitrogens with one attached hydrogen (secondary N) is 1. The molecule has 0 saturated carbocycles. The third kappa shape index (κ3) is 6.80. The Balaban J connectivity index is 0.00000300. The molecule has 0 aliphatic carbocycles. The van der Waals surface area contributed by atoms with Crippen LogP contribution in [0.3, 0.4) is 0 Å². The second-order valence-electron chi connectivity index (χ2n) is 7.16. The molecular weight excluding hydrogens is 503 g/mol. The molecule has 2 aliphatic rings. The van der Waals surface area contributed by atoms with Crippen molar-refractivity contribution in [1.82, 2.24) is 15.1 Å². The molecule has 0 bridgehead atoms. The van der Waals surface area contributed by atoms with Gasteiger partial charge in [0.2, 0.25) is 0 Å². The SMILES string of the molecule is CCNC(=NCC(c1cccs1)N1CCOCC1)N1CCC(C(=O)OC)CC1.I. The summed E-state index contributed by atoms with van der Waals surface area (Å²) in [5, 5.41) is 5.57. The lowest BCUT2D eigenvalue weighted by Gasteiger charge is -2.35. The molecule has 1 aromatic rings. The number of hydrogen-bond acceptors (Lipinski definition) is 6. The summed E-state index contributed by atoms with van der Waals surface area (Å²) in [4.78, 5) is 22.9. The molecule has 9 heteroatoms. The van der Waals surface area contributed by atoms with Crippen LogP contribution in [-0.2, 0) is 14.3 Å². The Kier molecular flexibility index (Phi) is 10.7. The first-order valence-corrected chi connectivity index (χ1v) is 11.1. The highest BCUT2D eigenvalue weighted by Crippen LogP contribution is 2.26. The van der Waals surface area contributed by atoms with Gasteiger partial charge < -0.3 is 19.7 Å². The number of carbonyl (C=O) groups is 1. The minimum absolute atomic E-state index is 0. The fourth-order valence-electron chi connectivity index (χ4n) is 3.85. The Morgan fingerprint density at radius 1 is 1.34 bits per heavy atom. The lowest BCUT2D eigenvalue weighted by atomic mass is 9.97. The summed E-state index contributed by atoms with van der Waals surface area (Å²) in [5.41, 5.74) is 0. The van der Waals surface area contributed by atoms with E-state index in [9.17, 15) is 4.79 Å². The van der Waals surface area contributed by atoms with Gasteiger partial charge in [-0.1, -0.05) is 6.07 Å². The molecule has 1 N–H and O–H groups in total. The number of halogens is 1. The highest BCUT2D eigenvalue weighted by Gasteiger charge is 2.28. The van der Waals surface area contributed by atoms with Crippen molar-refractivity contribution >= 4 is 47.2 Å². The fraction of sp³-hybridized carbons (Fsp3) is 0.700. The molecule has 3 heterocycles. The lowest BCUT2D eigenvalue weighted by molar-refractivity contribution is -0.146. The van der Waals surface area contributed by atoms with Gasteiger partial charge in [0.1, 0.15) is 0 Å². The van der Waals surface area contributed by atoms with Crippen molar-refractivity contribution < 1.29 is 14.3 Å². The standard InChI is InChI=1S/C20H32N4O3S.HI/c1-3-21-20(24-8-6-16(7-9-24)19(25)26-2)22-15-17(18-5-4-14-28-18)23-10-12-27-13-11-23;/h4-5,14,16-17H,3,6-13,15H2,1-2H3,(H,21,22);1H. The number of piperidine rings is 1. The topological polar surface area (TPSA) is 66.4 Å². The van der Waals surface area contributed by atoms with E-state index in [2.05, 4.69) is 39.6 Å². The van der Waals surface area contributed by atoms with Gasteiger partial charge in [-0.3, -0.25) is 14.7 Å². The van der Waals surface area contributed by atoms with Crippen LogP contribution in [-0.4, -0.2) is 81.3 Å². The van der Waals surface area contributed by atoms with Crippen molar-refractivity contribution in [1.29, 1.82) is 0 Å². The molecule has 0 aromatic carbocycles. The molecule has 1 aromatic heterocycles. The Morgan fingerprint density at radius 2 is 2.07 bits per heavy atom. The van der Waals surface area contributed by atoms with E-state index in [0.717, 1.165) is 71.3 Å². The number of hydrogen-bond donors (Lipinski definition) is 1. The largest absolute Gasteiger partial charge is 0.469 e. The van der Waals surface area contributed by atoms with Crippen LogP contribution in [0.4, 0.5) is 0 Å². The van der Waals surface area contributed by atoms with Crippen LogP contribution in [0.2, 0.25) is 0 Å². The number of rotatable bonds is 6. The number of esters is 1. The first kappa shape index (κ1) is 24.4. The van der Waals surface area contributed by atoms with E-state index < -0.39 is 0 Å². The number of ether oxygens (including phenoxy) is 2. The van der Waals surface area contributed by atoms with Gasteiger partial charge in [0.25, 0.3) is 0 Å². The summed E-state index contributed by atoms with van der Waals surface area (Å²) in [5.74, 6) is 0.864. The second-order valence-corrected chi connectivity index (χ2v) is 8.14. The summed E-state index contributed by atoms with van der Waals surface area (Å²) in [6.07, 6.45) is 1.63. The molecule has 0 amide bonds. The van der Waals surface area contributed by atoms with Gasteiger partial charge in [-0.2, -0.15) is 0 Å². The minimum atomic E-state index is -0.0910. The number of thiophene rings is 1. The molecule has 164 valence electrons. The van der Waals surface area contributed by atoms with Crippen molar-refractivity contribution in [3.63, 3.8) is 0 Å². The zero-order valence-electron chi connectivity index (χ0n) is 17.3. The molecule has 2 saturated heterocycles. The van der Waals surface area contributed by atoms with Crippen LogP contribution < -0.4 is 5.32 Å². The van der Waals surface area contributed by atoms with Crippen LogP contribution in [0.15, 0.2) is 22.5 Å². The number of nitrogens with zero attached hydrogens (tertiary/aromatic N) is 3. The van der Waals surface area contributed by atoms with Crippen LogP contribution >= 0.6 is 35.3 Å². The quantitative estimate of drug-likeness (QED) is 0.261. The van der Waals surface area contributed by atoms with E-state index in [1.165, 1.54) is 12.0 Å². The zero-order chi connectivity index (χ0) is 19.8. The number of morpholine rings is 1.